The molecule has 1 aliphatic heterocycles. The van der Waals surface area contributed by atoms with Gasteiger partial charge in [-0.3, -0.25) is 4.79 Å². The smallest absolute Gasteiger partial charge is 0.258 e. The van der Waals surface area contributed by atoms with Crippen molar-refractivity contribution < 1.29 is 4.79 Å². The number of hydrogen-bond acceptors (Lipinski definition) is 1. The molecule has 1 aliphatic rings. The average molecular weight is 252 g/mol. The molecular formula is C16H16N2O. The minimum absolute atomic E-state index is 0.0770. The third-order valence-electron chi connectivity index (χ3n) is 3.50. The predicted octanol–water partition coefficient (Wildman–Crippen LogP) is 3.00. The largest absolute Gasteiger partial charge is 0.354 e. The molecule has 3 rings (SSSR count). The van der Waals surface area contributed by atoms with Gasteiger partial charge in [-0.05, 0) is 24.6 Å². The third kappa shape index (κ3) is 2.08. The number of carbonyl (C=O) groups is 1. The molecule has 2 heterocycles. The molecule has 2 aromatic rings. The van der Waals surface area contributed by atoms with Crippen molar-refractivity contribution in [2.45, 2.75) is 13.0 Å². The number of aromatic nitrogens is 1. The summed E-state index contributed by atoms with van der Waals surface area (Å²) >= 11 is 0. The van der Waals surface area contributed by atoms with Crippen LogP contribution in [0.1, 0.15) is 22.3 Å². The van der Waals surface area contributed by atoms with Gasteiger partial charge in [0.1, 0.15) is 0 Å². The molecule has 96 valence electrons. The normalized spacial score (nSPS) is 14.0. The van der Waals surface area contributed by atoms with Crippen LogP contribution in [0.25, 0.3) is 5.70 Å². The van der Waals surface area contributed by atoms with Crippen LogP contribution in [-0.4, -0.2) is 21.9 Å². The summed E-state index contributed by atoms with van der Waals surface area (Å²) in [6.07, 6.45) is 5.00. The Kier molecular flexibility index (Phi) is 2.95. The topological polar surface area (TPSA) is 25.2 Å². The Morgan fingerprint density at radius 1 is 0.947 bits per heavy atom. The highest BCUT2D eigenvalue weighted by atomic mass is 16.2. The van der Waals surface area contributed by atoms with Crippen LogP contribution in [0.2, 0.25) is 0 Å². The van der Waals surface area contributed by atoms with Crippen LogP contribution in [0.4, 0.5) is 0 Å². The van der Waals surface area contributed by atoms with Gasteiger partial charge in [0.05, 0.1) is 0 Å². The lowest BCUT2D eigenvalue weighted by Crippen LogP contribution is -2.24. The fraction of sp³-hybridized carbons (Fsp3) is 0.188. The summed E-state index contributed by atoms with van der Waals surface area (Å²) in [5, 5.41) is 0. The molecule has 0 radical (unpaired) electrons. The van der Waals surface area contributed by atoms with Crippen molar-refractivity contribution in [3.63, 3.8) is 0 Å². The second-order valence-corrected chi connectivity index (χ2v) is 4.72. The number of amides is 1. The molecule has 19 heavy (non-hydrogen) atoms. The molecule has 1 aromatic heterocycles. The van der Waals surface area contributed by atoms with Crippen molar-refractivity contribution in [2.24, 2.45) is 0 Å². The van der Waals surface area contributed by atoms with Crippen LogP contribution >= 0.6 is 0 Å². The fourth-order valence-corrected chi connectivity index (χ4v) is 2.50. The first-order valence-electron chi connectivity index (χ1n) is 6.48. The molecule has 0 fully saturated rings. The number of nitrogens with zero attached hydrogens (tertiary/aromatic N) is 2. The lowest BCUT2D eigenvalue weighted by atomic mass is 10.1. The van der Waals surface area contributed by atoms with Crippen LogP contribution in [0, 0.1) is 0 Å². The minimum atomic E-state index is 0.0770. The van der Waals surface area contributed by atoms with Crippen molar-refractivity contribution in [3.8, 4) is 0 Å². The summed E-state index contributed by atoms with van der Waals surface area (Å²) in [4.78, 5) is 14.0. The van der Waals surface area contributed by atoms with E-state index in [2.05, 4.69) is 11.1 Å². The maximum atomic E-state index is 12.3. The second kappa shape index (κ2) is 4.76. The van der Waals surface area contributed by atoms with Gasteiger partial charge < -0.3 is 9.47 Å². The molecular weight excluding hydrogens is 236 g/mol. The lowest BCUT2D eigenvalue weighted by Gasteiger charge is -2.17. The highest BCUT2D eigenvalue weighted by Gasteiger charge is 2.29. The van der Waals surface area contributed by atoms with E-state index in [1.165, 1.54) is 0 Å². The molecule has 1 amide bonds. The first-order valence-corrected chi connectivity index (χ1v) is 6.48. The summed E-state index contributed by atoms with van der Waals surface area (Å²) in [6, 6.07) is 11.7. The Morgan fingerprint density at radius 2 is 1.63 bits per heavy atom. The molecule has 0 saturated heterocycles. The first kappa shape index (κ1) is 11.8. The van der Waals surface area contributed by atoms with E-state index in [0.717, 1.165) is 29.8 Å². The van der Waals surface area contributed by atoms with E-state index in [1.54, 1.807) is 4.90 Å². The van der Waals surface area contributed by atoms with Crippen molar-refractivity contribution >= 4 is 11.6 Å². The summed E-state index contributed by atoms with van der Waals surface area (Å²) in [7, 11) is 0. The molecule has 0 unspecified atom stereocenters. The van der Waals surface area contributed by atoms with Gasteiger partial charge in [0.2, 0.25) is 0 Å². The van der Waals surface area contributed by atoms with Crippen molar-refractivity contribution in [1.29, 1.82) is 0 Å². The zero-order chi connectivity index (χ0) is 13.2. The zero-order valence-electron chi connectivity index (χ0n) is 10.7. The Bertz CT molecular complexity index is 578. The molecule has 0 saturated carbocycles. The van der Waals surface area contributed by atoms with Crippen molar-refractivity contribution in [2.75, 3.05) is 6.54 Å². The molecule has 0 N–H and O–H groups in total. The molecule has 3 nitrogen and oxygen atoms in total. The lowest BCUT2D eigenvalue weighted by molar-refractivity contribution is 0.0848. The number of aryl methyl sites for hydroxylation is 1. The van der Waals surface area contributed by atoms with E-state index in [9.17, 15) is 4.79 Å². The minimum Gasteiger partial charge on any atom is -0.354 e. The maximum absolute atomic E-state index is 12.3. The van der Waals surface area contributed by atoms with Gasteiger partial charge in [0, 0.05) is 42.3 Å². The molecule has 0 atom stereocenters. The van der Waals surface area contributed by atoms with Gasteiger partial charge in [-0.2, -0.15) is 0 Å². The maximum Gasteiger partial charge on any atom is 0.258 e. The van der Waals surface area contributed by atoms with Gasteiger partial charge >= 0.3 is 0 Å². The van der Waals surface area contributed by atoms with Crippen molar-refractivity contribution in [3.05, 3.63) is 66.5 Å². The van der Waals surface area contributed by atoms with Gasteiger partial charge in [0.25, 0.3) is 5.91 Å². The van der Waals surface area contributed by atoms with E-state index in [4.69, 9.17) is 0 Å². The fourth-order valence-electron chi connectivity index (χ4n) is 2.50. The van der Waals surface area contributed by atoms with E-state index in [-0.39, 0.29) is 5.91 Å². The van der Waals surface area contributed by atoms with Crippen LogP contribution < -0.4 is 0 Å². The number of carbonyl (C=O) groups excluding carboxylic acids is 1. The Labute approximate surface area is 112 Å². The van der Waals surface area contributed by atoms with Gasteiger partial charge in [0.15, 0.2) is 0 Å². The number of benzene rings is 1. The highest BCUT2D eigenvalue weighted by Crippen LogP contribution is 2.30. The van der Waals surface area contributed by atoms with E-state index in [1.807, 2.05) is 48.8 Å². The van der Waals surface area contributed by atoms with Crippen LogP contribution in [0.3, 0.4) is 0 Å². The summed E-state index contributed by atoms with van der Waals surface area (Å²) in [6.45, 7) is 5.67. The van der Waals surface area contributed by atoms with Gasteiger partial charge in [-0.15, -0.1) is 0 Å². The van der Waals surface area contributed by atoms with E-state index >= 15 is 0 Å². The van der Waals surface area contributed by atoms with Crippen molar-refractivity contribution in [1.82, 2.24) is 9.47 Å². The SMILES string of the molecule is C=C1c2ccccc2C(=O)N1CCCn1cccc1. The quantitative estimate of drug-likeness (QED) is 0.821. The van der Waals surface area contributed by atoms with Crippen LogP contribution in [0.5, 0.6) is 0 Å². The summed E-state index contributed by atoms with van der Waals surface area (Å²) < 4.78 is 2.12. The average Bonchev–Trinajstić information content (AvgIpc) is 3.02. The Hall–Kier alpha value is -2.29. The highest BCUT2D eigenvalue weighted by molar-refractivity contribution is 6.08. The van der Waals surface area contributed by atoms with Gasteiger partial charge in [-0.1, -0.05) is 24.8 Å². The second-order valence-electron chi connectivity index (χ2n) is 4.72. The number of fused-ring (bicyclic) bond motifs is 1. The number of hydrogen-bond donors (Lipinski definition) is 0. The third-order valence-corrected chi connectivity index (χ3v) is 3.50. The first-order chi connectivity index (χ1) is 9.27. The standard InChI is InChI=1S/C16H16N2O/c1-13-14-7-2-3-8-15(14)16(19)18(13)12-6-11-17-9-4-5-10-17/h2-5,7-10H,1,6,11-12H2. The molecule has 0 spiro atoms. The molecule has 0 aliphatic carbocycles. The molecule has 0 bridgehead atoms. The summed E-state index contributed by atoms with van der Waals surface area (Å²) in [5.74, 6) is 0.0770. The van der Waals surface area contributed by atoms with E-state index in [0.29, 0.717) is 6.54 Å². The zero-order valence-corrected chi connectivity index (χ0v) is 10.7. The van der Waals surface area contributed by atoms with E-state index < -0.39 is 0 Å². The summed E-state index contributed by atoms with van der Waals surface area (Å²) in [5.41, 5.74) is 2.56. The van der Waals surface area contributed by atoms with Crippen LogP contribution in [-0.2, 0) is 6.54 Å². The number of rotatable bonds is 4. The van der Waals surface area contributed by atoms with Gasteiger partial charge in [-0.25, -0.2) is 0 Å². The Balaban J connectivity index is 1.67. The molecule has 3 heteroatoms. The predicted molar refractivity (Wildman–Crippen MR) is 75.6 cm³/mol. The Morgan fingerprint density at radius 3 is 2.32 bits per heavy atom. The monoisotopic (exact) mass is 252 g/mol. The van der Waals surface area contributed by atoms with Crippen LogP contribution in [0.15, 0.2) is 55.4 Å². The molecule has 1 aromatic carbocycles.